The molecule has 1 fully saturated rings. The van der Waals surface area contributed by atoms with Gasteiger partial charge in [0.2, 0.25) is 15.9 Å². The van der Waals surface area contributed by atoms with E-state index in [1.165, 1.54) is 4.31 Å². The summed E-state index contributed by atoms with van der Waals surface area (Å²) < 4.78 is 38.4. The fourth-order valence-corrected chi connectivity index (χ4v) is 5.87. The van der Waals surface area contributed by atoms with Crippen LogP contribution in [0.1, 0.15) is 49.8 Å². The summed E-state index contributed by atoms with van der Waals surface area (Å²) in [5.74, 6) is 1.57. The van der Waals surface area contributed by atoms with E-state index in [1.807, 2.05) is 26.0 Å². The highest BCUT2D eigenvalue weighted by molar-refractivity contribution is 7.89. The Hall–Kier alpha value is -2.58. The van der Waals surface area contributed by atoms with Crippen LogP contribution >= 0.6 is 0 Å². The van der Waals surface area contributed by atoms with Crippen molar-refractivity contribution in [2.45, 2.75) is 63.5 Å². The number of nitrogens with zero attached hydrogens (tertiary/aromatic N) is 1. The monoisotopic (exact) mass is 472 g/mol. The Balaban J connectivity index is 1.31. The molecule has 1 amide bonds. The molecule has 8 heteroatoms. The minimum atomic E-state index is -3.41. The second-order valence-corrected chi connectivity index (χ2v) is 10.6. The number of amides is 1. The van der Waals surface area contributed by atoms with Gasteiger partial charge in [-0.15, -0.1) is 0 Å². The second-order valence-electron chi connectivity index (χ2n) is 8.67. The molecular weight excluding hydrogens is 440 g/mol. The number of carbonyl (C=O) groups is 1. The number of benzene rings is 2. The molecular formula is C25H32N2O5S. The Morgan fingerprint density at radius 1 is 1.18 bits per heavy atom. The number of aryl methyl sites for hydroxylation is 1. The fourth-order valence-electron chi connectivity index (χ4n) is 4.36. The number of carbonyl (C=O) groups excluding carboxylic acids is 1. The molecule has 0 spiro atoms. The molecule has 33 heavy (non-hydrogen) atoms. The van der Waals surface area contributed by atoms with Crippen molar-refractivity contribution in [1.82, 2.24) is 9.62 Å². The molecule has 2 aliphatic rings. The average Bonchev–Trinajstić information content (AvgIpc) is 3.46. The van der Waals surface area contributed by atoms with E-state index in [0.29, 0.717) is 44.0 Å². The molecule has 2 aromatic rings. The molecule has 4 rings (SSSR count). The van der Waals surface area contributed by atoms with Crippen LogP contribution < -0.4 is 14.8 Å². The number of rotatable bonds is 9. The van der Waals surface area contributed by atoms with Crippen molar-refractivity contribution in [3.8, 4) is 11.5 Å². The van der Waals surface area contributed by atoms with Crippen molar-refractivity contribution in [2.24, 2.45) is 0 Å². The normalized spacial score (nSPS) is 18.1. The first-order valence-corrected chi connectivity index (χ1v) is 13.1. The molecule has 2 aliphatic heterocycles. The van der Waals surface area contributed by atoms with Crippen LogP contribution in [-0.4, -0.2) is 44.4 Å². The lowest BCUT2D eigenvalue weighted by Gasteiger charge is -2.15. The summed E-state index contributed by atoms with van der Waals surface area (Å²) in [5, 5.41) is 2.97. The van der Waals surface area contributed by atoms with Crippen LogP contribution in [0.25, 0.3) is 0 Å². The van der Waals surface area contributed by atoms with Crippen LogP contribution in [0.3, 0.4) is 0 Å². The van der Waals surface area contributed by atoms with Gasteiger partial charge in [-0.25, -0.2) is 8.42 Å². The average molecular weight is 473 g/mol. The minimum absolute atomic E-state index is 0.0685. The van der Waals surface area contributed by atoms with Gasteiger partial charge in [0.1, 0.15) is 17.6 Å². The molecule has 0 aliphatic carbocycles. The zero-order valence-electron chi connectivity index (χ0n) is 19.3. The standard InChI is InChI=1S/C25H32N2O5S/c1-3-31-23-15-20-14-18(2)32-24(20)16-21(23)17-26-25(28)11-8-19-6-9-22(10-7-19)33(29,30)27-12-4-5-13-27/h6-7,9-10,15-16,18H,3-5,8,11-14,17H2,1-2H3,(H,26,28)/t18-/m0/s1. The first-order valence-electron chi connectivity index (χ1n) is 11.7. The van der Waals surface area contributed by atoms with E-state index >= 15 is 0 Å². The Labute approximate surface area is 196 Å². The smallest absolute Gasteiger partial charge is 0.243 e. The van der Waals surface area contributed by atoms with Gasteiger partial charge in [-0.3, -0.25) is 4.79 Å². The Kier molecular flexibility index (Phi) is 7.24. The van der Waals surface area contributed by atoms with Gasteiger partial charge in [0, 0.05) is 43.6 Å². The van der Waals surface area contributed by atoms with Crippen LogP contribution in [0.5, 0.6) is 11.5 Å². The summed E-state index contributed by atoms with van der Waals surface area (Å²) in [6.07, 6.45) is 3.70. The third kappa shape index (κ3) is 5.50. The fraction of sp³-hybridized carbons (Fsp3) is 0.480. The maximum Gasteiger partial charge on any atom is 0.243 e. The summed E-state index contributed by atoms with van der Waals surface area (Å²) in [5.41, 5.74) is 2.96. The molecule has 178 valence electrons. The molecule has 0 radical (unpaired) electrons. The second kappa shape index (κ2) is 10.1. The van der Waals surface area contributed by atoms with Gasteiger partial charge in [-0.2, -0.15) is 4.31 Å². The predicted molar refractivity (Wildman–Crippen MR) is 126 cm³/mol. The first-order chi connectivity index (χ1) is 15.9. The quantitative estimate of drug-likeness (QED) is 0.604. The van der Waals surface area contributed by atoms with Crippen molar-refractivity contribution < 1.29 is 22.7 Å². The minimum Gasteiger partial charge on any atom is -0.494 e. The zero-order valence-corrected chi connectivity index (χ0v) is 20.1. The Morgan fingerprint density at radius 3 is 2.61 bits per heavy atom. The van der Waals surface area contributed by atoms with E-state index in [4.69, 9.17) is 9.47 Å². The van der Waals surface area contributed by atoms with Crippen molar-refractivity contribution >= 4 is 15.9 Å². The van der Waals surface area contributed by atoms with E-state index in [9.17, 15) is 13.2 Å². The van der Waals surface area contributed by atoms with Crippen molar-refractivity contribution in [3.05, 3.63) is 53.1 Å². The van der Waals surface area contributed by atoms with E-state index in [1.54, 1.807) is 24.3 Å². The summed E-state index contributed by atoms with van der Waals surface area (Å²) in [4.78, 5) is 12.8. The summed E-state index contributed by atoms with van der Waals surface area (Å²) in [6.45, 7) is 6.08. The van der Waals surface area contributed by atoms with Crippen molar-refractivity contribution in [1.29, 1.82) is 0 Å². The highest BCUT2D eigenvalue weighted by Crippen LogP contribution is 2.35. The number of nitrogens with one attached hydrogen (secondary N) is 1. The third-order valence-corrected chi connectivity index (χ3v) is 8.03. The molecule has 7 nitrogen and oxygen atoms in total. The lowest BCUT2D eigenvalue weighted by atomic mass is 10.1. The number of fused-ring (bicyclic) bond motifs is 1. The highest BCUT2D eigenvalue weighted by atomic mass is 32.2. The number of sulfonamides is 1. The molecule has 1 saturated heterocycles. The lowest BCUT2D eigenvalue weighted by Crippen LogP contribution is -2.27. The largest absolute Gasteiger partial charge is 0.494 e. The maximum absolute atomic E-state index is 12.6. The van der Waals surface area contributed by atoms with Gasteiger partial charge in [0.05, 0.1) is 11.5 Å². The molecule has 2 heterocycles. The molecule has 2 aromatic carbocycles. The van der Waals surface area contributed by atoms with Gasteiger partial charge in [-0.1, -0.05) is 12.1 Å². The van der Waals surface area contributed by atoms with E-state index in [2.05, 4.69) is 5.32 Å². The lowest BCUT2D eigenvalue weighted by molar-refractivity contribution is -0.121. The summed E-state index contributed by atoms with van der Waals surface area (Å²) >= 11 is 0. The van der Waals surface area contributed by atoms with Crippen molar-refractivity contribution in [2.75, 3.05) is 19.7 Å². The summed E-state index contributed by atoms with van der Waals surface area (Å²) in [7, 11) is -3.41. The number of hydrogen-bond donors (Lipinski definition) is 1. The van der Waals surface area contributed by atoms with Gasteiger partial charge >= 0.3 is 0 Å². The van der Waals surface area contributed by atoms with Crippen LogP contribution in [0.15, 0.2) is 41.3 Å². The van der Waals surface area contributed by atoms with E-state index < -0.39 is 10.0 Å². The van der Waals surface area contributed by atoms with E-state index in [0.717, 1.165) is 47.5 Å². The number of ether oxygens (including phenoxy) is 2. The van der Waals surface area contributed by atoms with Crippen LogP contribution in [0.4, 0.5) is 0 Å². The first kappa shape index (κ1) is 23.6. The topological polar surface area (TPSA) is 84.9 Å². The molecule has 0 aromatic heterocycles. The van der Waals surface area contributed by atoms with Crippen molar-refractivity contribution in [3.63, 3.8) is 0 Å². The Bertz CT molecular complexity index is 1090. The van der Waals surface area contributed by atoms with Crippen LogP contribution in [0, 0.1) is 0 Å². The molecule has 0 bridgehead atoms. The molecule has 1 N–H and O–H groups in total. The van der Waals surface area contributed by atoms with Gasteiger partial charge < -0.3 is 14.8 Å². The Morgan fingerprint density at radius 2 is 1.91 bits per heavy atom. The number of hydrogen-bond acceptors (Lipinski definition) is 5. The predicted octanol–water partition coefficient (Wildman–Crippen LogP) is 3.44. The van der Waals surface area contributed by atoms with E-state index in [-0.39, 0.29) is 12.0 Å². The molecule has 0 unspecified atom stereocenters. The zero-order chi connectivity index (χ0) is 23.4. The third-order valence-electron chi connectivity index (χ3n) is 6.12. The van der Waals surface area contributed by atoms with Crippen LogP contribution in [0.2, 0.25) is 0 Å². The highest BCUT2D eigenvalue weighted by Gasteiger charge is 2.27. The van der Waals surface area contributed by atoms with Gasteiger partial charge in [0.15, 0.2) is 0 Å². The SMILES string of the molecule is CCOc1cc2c(cc1CNC(=O)CCc1ccc(S(=O)(=O)N3CCCC3)cc1)O[C@@H](C)C2. The van der Waals surface area contributed by atoms with Crippen LogP contribution in [-0.2, 0) is 34.2 Å². The molecule has 1 atom stereocenters. The summed E-state index contributed by atoms with van der Waals surface area (Å²) in [6, 6.07) is 10.8. The molecule has 0 saturated carbocycles. The maximum atomic E-state index is 12.6. The van der Waals surface area contributed by atoms with Gasteiger partial charge in [-0.05, 0) is 62.9 Å². The van der Waals surface area contributed by atoms with Gasteiger partial charge in [0.25, 0.3) is 0 Å².